The highest BCUT2D eigenvalue weighted by Crippen LogP contribution is 2.64. The predicted molar refractivity (Wildman–Crippen MR) is 111 cm³/mol. The standard InChI is InChI=1S/C23H30N6O/c30-21(28-7-5-27(6-8-28)14-20-3-1-2-4-25-20)22-10-18-9-19(11-22)13-23(12-18,15-22)29-17-24-16-26-29/h1-4,16-19H,5-15H2. The first-order valence-electron chi connectivity index (χ1n) is 11.4. The minimum absolute atomic E-state index is 0.0110. The number of carbonyl (C=O) groups is 1. The van der Waals surface area contributed by atoms with Gasteiger partial charge in [-0.2, -0.15) is 5.10 Å². The fourth-order valence-corrected chi connectivity index (χ4v) is 7.35. The molecular formula is C23H30N6O. The van der Waals surface area contributed by atoms with E-state index in [-0.39, 0.29) is 11.0 Å². The predicted octanol–water partition coefficient (Wildman–Crippen LogP) is 2.31. The molecule has 0 radical (unpaired) electrons. The molecule has 3 heterocycles. The Balaban J connectivity index is 1.17. The zero-order chi connectivity index (χ0) is 20.2. The smallest absolute Gasteiger partial charge is 0.228 e. The molecule has 5 fully saturated rings. The third kappa shape index (κ3) is 2.97. The molecule has 4 saturated carbocycles. The second kappa shape index (κ2) is 6.87. The average molecular weight is 407 g/mol. The largest absolute Gasteiger partial charge is 0.340 e. The van der Waals surface area contributed by atoms with Crippen LogP contribution in [0.1, 0.15) is 44.2 Å². The van der Waals surface area contributed by atoms with Crippen molar-refractivity contribution in [3.05, 3.63) is 42.7 Å². The van der Waals surface area contributed by atoms with E-state index in [1.54, 1.807) is 6.33 Å². The summed E-state index contributed by atoms with van der Waals surface area (Å²) in [7, 11) is 0. The fraction of sp³-hybridized carbons (Fsp3) is 0.652. The third-order valence-corrected chi connectivity index (χ3v) is 8.16. The molecule has 2 aromatic heterocycles. The second-order valence-corrected chi connectivity index (χ2v) is 10.2. The molecule has 2 atom stereocenters. The highest BCUT2D eigenvalue weighted by atomic mass is 16.2. The summed E-state index contributed by atoms with van der Waals surface area (Å²) in [5, 5.41) is 4.53. The van der Waals surface area contributed by atoms with Crippen molar-refractivity contribution in [1.29, 1.82) is 0 Å². The van der Waals surface area contributed by atoms with E-state index in [0.29, 0.717) is 17.7 Å². The normalized spacial score (nSPS) is 35.7. The van der Waals surface area contributed by atoms with E-state index in [1.807, 2.05) is 24.7 Å². The maximum Gasteiger partial charge on any atom is 0.228 e. The van der Waals surface area contributed by atoms with Crippen molar-refractivity contribution in [2.24, 2.45) is 17.3 Å². The first-order chi connectivity index (χ1) is 14.6. The first-order valence-corrected chi connectivity index (χ1v) is 11.4. The molecule has 7 rings (SSSR count). The van der Waals surface area contributed by atoms with Crippen LogP contribution in [-0.4, -0.2) is 61.6 Å². The molecule has 4 aliphatic carbocycles. The van der Waals surface area contributed by atoms with Crippen LogP contribution in [-0.2, 0) is 16.9 Å². The number of amides is 1. The van der Waals surface area contributed by atoms with Crippen LogP contribution < -0.4 is 0 Å². The number of carbonyl (C=O) groups excluding carboxylic acids is 1. The van der Waals surface area contributed by atoms with Gasteiger partial charge in [0, 0.05) is 38.9 Å². The lowest BCUT2D eigenvalue weighted by Crippen LogP contribution is -2.62. The molecule has 0 aromatic carbocycles. The summed E-state index contributed by atoms with van der Waals surface area (Å²) >= 11 is 0. The second-order valence-electron chi connectivity index (χ2n) is 10.2. The van der Waals surface area contributed by atoms with Crippen LogP contribution in [0.2, 0.25) is 0 Å². The SMILES string of the molecule is O=C(N1CCN(Cc2ccccn2)CC1)C12CC3CC(C1)CC(n1cncn1)(C3)C2. The number of hydrogen-bond acceptors (Lipinski definition) is 5. The lowest BCUT2D eigenvalue weighted by Gasteiger charge is -2.61. The summed E-state index contributed by atoms with van der Waals surface area (Å²) in [4.78, 5) is 27.1. The summed E-state index contributed by atoms with van der Waals surface area (Å²) in [5.41, 5.74) is 0.934. The maximum absolute atomic E-state index is 13.9. The van der Waals surface area contributed by atoms with E-state index >= 15 is 0 Å². The molecule has 2 aromatic rings. The van der Waals surface area contributed by atoms with Crippen LogP contribution >= 0.6 is 0 Å². The summed E-state index contributed by atoms with van der Waals surface area (Å²) in [6.45, 7) is 4.39. The van der Waals surface area contributed by atoms with Crippen molar-refractivity contribution in [1.82, 2.24) is 29.5 Å². The summed E-state index contributed by atoms with van der Waals surface area (Å²) < 4.78 is 2.09. The Morgan fingerprint density at radius 3 is 2.53 bits per heavy atom. The summed E-state index contributed by atoms with van der Waals surface area (Å²) in [5.74, 6) is 1.73. The Morgan fingerprint density at radius 2 is 1.87 bits per heavy atom. The van der Waals surface area contributed by atoms with Gasteiger partial charge in [-0.1, -0.05) is 6.07 Å². The third-order valence-electron chi connectivity index (χ3n) is 8.16. The van der Waals surface area contributed by atoms with E-state index < -0.39 is 0 Å². The van der Waals surface area contributed by atoms with Crippen molar-refractivity contribution < 1.29 is 4.79 Å². The van der Waals surface area contributed by atoms with Gasteiger partial charge in [0.25, 0.3) is 0 Å². The highest BCUT2D eigenvalue weighted by Gasteiger charge is 2.62. The Hall–Kier alpha value is -2.28. The van der Waals surface area contributed by atoms with Crippen LogP contribution in [0, 0.1) is 17.3 Å². The van der Waals surface area contributed by atoms with Crippen LogP contribution in [0.4, 0.5) is 0 Å². The van der Waals surface area contributed by atoms with E-state index in [1.165, 1.54) is 19.3 Å². The number of hydrogen-bond donors (Lipinski definition) is 0. The zero-order valence-corrected chi connectivity index (χ0v) is 17.5. The van der Waals surface area contributed by atoms with E-state index in [0.717, 1.165) is 57.7 Å². The number of aromatic nitrogens is 4. The Morgan fingerprint density at radius 1 is 1.07 bits per heavy atom. The van der Waals surface area contributed by atoms with Crippen molar-refractivity contribution >= 4 is 5.91 Å². The molecule has 4 bridgehead atoms. The molecule has 158 valence electrons. The number of pyridine rings is 1. The Labute approximate surface area is 177 Å². The van der Waals surface area contributed by atoms with Crippen LogP contribution in [0.5, 0.6) is 0 Å². The lowest BCUT2D eigenvalue weighted by atomic mass is 9.46. The zero-order valence-electron chi connectivity index (χ0n) is 17.5. The maximum atomic E-state index is 13.9. The van der Waals surface area contributed by atoms with Gasteiger partial charge in [-0.05, 0) is 62.5 Å². The molecule has 1 saturated heterocycles. The van der Waals surface area contributed by atoms with Crippen molar-refractivity contribution in [2.75, 3.05) is 26.2 Å². The Bertz CT molecular complexity index is 891. The van der Waals surface area contributed by atoms with Crippen molar-refractivity contribution in [2.45, 2.75) is 50.6 Å². The molecule has 2 unspecified atom stereocenters. The summed E-state index contributed by atoms with van der Waals surface area (Å²) in [6, 6.07) is 6.08. The number of piperazine rings is 1. The first kappa shape index (κ1) is 18.5. The minimum atomic E-state index is -0.181. The van der Waals surface area contributed by atoms with Gasteiger partial charge in [0.1, 0.15) is 12.7 Å². The molecule has 30 heavy (non-hydrogen) atoms. The van der Waals surface area contributed by atoms with Gasteiger partial charge >= 0.3 is 0 Å². The quantitative estimate of drug-likeness (QED) is 0.780. The number of nitrogens with zero attached hydrogens (tertiary/aromatic N) is 6. The Kier molecular flexibility index (Phi) is 4.23. The van der Waals surface area contributed by atoms with Gasteiger partial charge in [0.05, 0.1) is 16.6 Å². The van der Waals surface area contributed by atoms with Crippen LogP contribution in [0.3, 0.4) is 0 Å². The van der Waals surface area contributed by atoms with Crippen LogP contribution in [0.15, 0.2) is 37.1 Å². The molecule has 1 aliphatic heterocycles. The van der Waals surface area contributed by atoms with Gasteiger partial charge in [0.15, 0.2) is 0 Å². The van der Waals surface area contributed by atoms with Crippen molar-refractivity contribution in [3.8, 4) is 0 Å². The van der Waals surface area contributed by atoms with Crippen molar-refractivity contribution in [3.63, 3.8) is 0 Å². The molecule has 7 nitrogen and oxygen atoms in total. The van der Waals surface area contributed by atoms with Gasteiger partial charge < -0.3 is 4.90 Å². The van der Waals surface area contributed by atoms with Gasteiger partial charge in [-0.15, -0.1) is 0 Å². The van der Waals surface area contributed by atoms with E-state index in [4.69, 9.17) is 0 Å². The lowest BCUT2D eigenvalue weighted by molar-refractivity contribution is -0.168. The van der Waals surface area contributed by atoms with Gasteiger partial charge in [0.2, 0.25) is 5.91 Å². The fourth-order valence-electron chi connectivity index (χ4n) is 7.35. The topological polar surface area (TPSA) is 67.2 Å². The average Bonchev–Trinajstić information content (AvgIpc) is 3.30. The summed E-state index contributed by atoms with van der Waals surface area (Å²) in [6.07, 6.45) is 12.1. The van der Waals surface area contributed by atoms with Gasteiger partial charge in [-0.3, -0.25) is 14.7 Å². The molecule has 7 heteroatoms. The molecular weight excluding hydrogens is 376 g/mol. The monoisotopic (exact) mass is 406 g/mol. The van der Waals surface area contributed by atoms with E-state index in [2.05, 4.69) is 35.6 Å². The molecule has 5 aliphatic rings. The minimum Gasteiger partial charge on any atom is -0.340 e. The van der Waals surface area contributed by atoms with Gasteiger partial charge in [-0.25, -0.2) is 9.67 Å². The molecule has 1 amide bonds. The van der Waals surface area contributed by atoms with Crippen LogP contribution in [0.25, 0.3) is 0 Å². The highest BCUT2D eigenvalue weighted by molar-refractivity contribution is 5.83. The molecule has 0 spiro atoms. The molecule has 0 N–H and O–H groups in total. The number of rotatable bonds is 4. The van der Waals surface area contributed by atoms with E-state index in [9.17, 15) is 4.79 Å².